The van der Waals surface area contributed by atoms with Crippen molar-refractivity contribution in [2.45, 2.75) is 6.92 Å². The van der Waals surface area contributed by atoms with Gasteiger partial charge in [-0.1, -0.05) is 28.1 Å². The molecule has 6 heteroatoms. The van der Waals surface area contributed by atoms with Crippen molar-refractivity contribution < 1.29 is 4.79 Å². The van der Waals surface area contributed by atoms with Gasteiger partial charge in [0.05, 0.1) is 0 Å². The van der Waals surface area contributed by atoms with Crippen LogP contribution < -0.4 is 10.6 Å². The van der Waals surface area contributed by atoms with Crippen LogP contribution in [0, 0.1) is 6.92 Å². The molecule has 1 heterocycles. The Bertz CT molecular complexity index is 672. The molecule has 2 aromatic rings. The molecule has 0 saturated heterocycles. The molecule has 0 bridgehead atoms. The molecule has 2 N–H and O–H groups in total. The number of halogens is 1. The number of nitrogens with one attached hydrogen (secondary N) is 2. The number of rotatable bonds is 5. The molecule has 0 saturated carbocycles. The van der Waals surface area contributed by atoms with Crippen LogP contribution in [0.5, 0.6) is 0 Å². The topological polar surface area (TPSA) is 66.9 Å². The van der Waals surface area contributed by atoms with Gasteiger partial charge in [0.25, 0.3) is 5.91 Å². The third-order valence-corrected chi connectivity index (χ3v) is 3.07. The highest BCUT2D eigenvalue weighted by atomic mass is 79.9. The standard InChI is InChI=1S/C15H15BrN4O/c1-3-7-17-15-18-10(2)8-13(20-15)14(21)19-12-6-4-5-11(16)9-12/h3-6,8-9H,1,7H2,2H3,(H,19,21)(H,17,18,20). The lowest BCUT2D eigenvalue weighted by Crippen LogP contribution is -2.16. The Kier molecular flexibility index (Phi) is 5.05. The number of aryl methyl sites for hydroxylation is 1. The lowest BCUT2D eigenvalue weighted by Gasteiger charge is -2.08. The first kappa shape index (κ1) is 15.2. The molecular weight excluding hydrogens is 332 g/mol. The summed E-state index contributed by atoms with van der Waals surface area (Å²) < 4.78 is 0.896. The van der Waals surface area contributed by atoms with Crippen molar-refractivity contribution >= 4 is 33.5 Å². The fourth-order valence-corrected chi connectivity index (χ4v) is 2.09. The molecular formula is C15H15BrN4O. The molecule has 0 fully saturated rings. The van der Waals surface area contributed by atoms with Gasteiger partial charge >= 0.3 is 0 Å². The number of carbonyl (C=O) groups excluding carboxylic acids is 1. The van der Waals surface area contributed by atoms with Crippen molar-refractivity contribution in [3.8, 4) is 0 Å². The van der Waals surface area contributed by atoms with E-state index in [-0.39, 0.29) is 5.91 Å². The van der Waals surface area contributed by atoms with Crippen molar-refractivity contribution in [3.63, 3.8) is 0 Å². The fraction of sp³-hybridized carbons (Fsp3) is 0.133. The van der Waals surface area contributed by atoms with Gasteiger partial charge in [-0.05, 0) is 31.2 Å². The van der Waals surface area contributed by atoms with Gasteiger partial charge in [0.1, 0.15) is 5.69 Å². The highest BCUT2D eigenvalue weighted by molar-refractivity contribution is 9.10. The molecule has 0 spiro atoms. The molecule has 0 radical (unpaired) electrons. The Balaban J connectivity index is 2.18. The zero-order chi connectivity index (χ0) is 15.2. The normalized spacial score (nSPS) is 10.0. The van der Waals surface area contributed by atoms with E-state index in [1.165, 1.54) is 0 Å². The van der Waals surface area contributed by atoms with E-state index in [1.807, 2.05) is 31.2 Å². The Labute approximate surface area is 131 Å². The van der Waals surface area contributed by atoms with E-state index in [2.05, 4.69) is 43.1 Å². The zero-order valence-electron chi connectivity index (χ0n) is 11.6. The number of hydrogen-bond donors (Lipinski definition) is 2. The minimum atomic E-state index is -0.278. The van der Waals surface area contributed by atoms with Gasteiger partial charge in [0.2, 0.25) is 5.95 Å². The lowest BCUT2D eigenvalue weighted by molar-refractivity contribution is 0.102. The van der Waals surface area contributed by atoms with E-state index in [9.17, 15) is 4.79 Å². The van der Waals surface area contributed by atoms with Gasteiger partial charge in [-0.2, -0.15) is 0 Å². The van der Waals surface area contributed by atoms with Gasteiger partial charge < -0.3 is 10.6 Å². The van der Waals surface area contributed by atoms with Crippen molar-refractivity contribution in [2.24, 2.45) is 0 Å². The number of aromatic nitrogens is 2. The van der Waals surface area contributed by atoms with E-state index in [4.69, 9.17) is 0 Å². The Morgan fingerprint density at radius 2 is 2.19 bits per heavy atom. The summed E-state index contributed by atoms with van der Waals surface area (Å²) in [7, 11) is 0. The molecule has 0 aliphatic rings. The van der Waals surface area contributed by atoms with Gasteiger partial charge in [-0.3, -0.25) is 4.79 Å². The summed E-state index contributed by atoms with van der Waals surface area (Å²) >= 11 is 3.36. The number of carbonyl (C=O) groups is 1. The third kappa shape index (κ3) is 4.39. The van der Waals surface area contributed by atoms with Gasteiger partial charge in [-0.25, -0.2) is 9.97 Å². The van der Waals surface area contributed by atoms with Crippen molar-refractivity contribution in [2.75, 3.05) is 17.2 Å². The predicted molar refractivity (Wildman–Crippen MR) is 87.6 cm³/mol. The zero-order valence-corrected chi connectivity index (χ0v) is 13.1. The molecule has 0 atom stereocenters. The van der Waals surface area contributed by atoms with Gasteiger partial charge in [0, 0.05) is 22.4 Å². The molecule has 1 amide bonds. The summed E-state index contributed by atoms with van der Waals surface area (Å²) in [5.74, 6) is 0.134. The second-order valence-electron chi connectivity index (χ2n) is 4.35. The Hall–Kier alpha value is -2.21. The first-order chi connectivity index (χ1) is 10.1. The third-order valence-electron chi connectivity index (χ3n) is 2.57. The summed E-state index contributed by atoms with van der Waals surface area (Å²) in [6.45, 7) is 5.97. The largest absolute Gasteiger partial charge is 0.351 e. The number of benzene rings is 1. The maximum absolute atomic E-state index is 12.2. The summed E-state index contributed by atoms with van der Waals surface area (Å²) in [4.78, 5) is 20.7. The van der Waals surface area contributed by atoms with Crippen LogP contribution in [-0.2, 0) is 0 Å². The maximum atomic E-state index is 12.2. The number of anilines is 2. The second kappa shape index (κ2) is 6.99. The Morgan fingerprint density at radius 3 is 2.90 bits per heavy atom. The van der Waals surface area contributed by atoms with Crippen LogP contribution >= 0.6 is 15.9 Å². The van der Waals surface area contributed by atoms with E-state index in [0.717, 1.165) is 10.2 Å². The van der Waals surface area contributed by atoms with Crippen LogP contribution in [0.25, 0.3) is 0 Å². The second-order valence-corrected chi connectivity index (χ2v) is 5.27. The molecule has 2 rings (SSSR count). The van der Waals surface area contributed by atoms with Crippen LogP contribution in [0.3, 0.4) is 0 Å². The van der Waals surface area contributed by atoms with Gasteiger partial charge in [-0.15, -0.1) is 6.58 Å². The van der Waals surface area contributed by atoms with Crippen LogP contribution in [0.15, 0.2) is 47.5 Å². The number of hydrogen-bond acceptors (Lipinski definition) is 4. The maximum Gasteiger partial charge on any atom is 0.274 e. The summed E-state index contributed by atoms with van der Waals surface area (Å²) in [5, 5.41) is 5.78. The van der Waals surface area contributed by atoms with Gasteiger partial charge in [0.15, 0.2) is 0 Å². The van der Waals surface area contributed by atoms with Crippen molar-refractivity contribution in [1.82, 2.24) is 9.97 Å². The predicted octanol–water partition coefficient (Wildman–Crippen LogP) is 3.40. The summed E-state index contributed by atoms with van der Waals surface area (Å²) in [5.41, 5.74) is 1.73. The molecule has 1 aromatic heterocycles. The van der Waals surface area contributed by atoms with Crippen LogP contribution in [0.4, 0.5) is 11.6 Å². The number of amides is 1. The first-order valence-electron chi connectivity index (χ1n) is 6.36. The van der Waals surface area contributed by atoms with E-state index >= 15 is 0 Å². The average molecular weight is 347 g/mol. The summed E-state index contributed by atoms with van der Waals surface area (Å²) in [6.07, 6.45) is 1.70. The molecule has 0 unspecified atom stereocenters. The highest BCUT2D eigenvalue weighted by Gasteiger charge is 2.11. The van der Waals surface area contributed by atoms with E-state index in [1.54, 1.807) is 12.1 Å². The van der Waals surface area contributed by atoms with Crippen LogP contribution in [0.2, 0.25) is 0 Å². The monoisotopic (exact) mass is 346 g/mol. The molecule has 5 nitrogen and oxygen atoms in total. The van der Waals surface area contributed by atoms with E-state index in [0.29, 0.717) is 23.9 Å². The molecule has 1 aromatic carbocycles. The minimum Gasteiger partial charge on any atom is -0.351 e. The molecule has 0 aliphatic carbocycles. The van der Waals surface area contributed by atoms with Crippen molar-refractivity contribution in [1.29, 1.82) is 0 Å². The molecule has 108 valence electrons. The van der Waals surface area contributed by atoms with Crippen molar-refractivity contribution in [3.05, 3.63) is 58.8 Å². The first-order valence-corrected chi connectivity index (χ1v) is 7.15. The lowest BCUT2D eigenvalue weighted by atomic mass is 10.3. The fourth-order valence-electron chi connectivity index (χ4n) is 1.69. The SMILES string of the molecule is C=CCNc1nc(C)cc(C(=O)Nc2cccc(Br)c2)n1. The van der Waals surface area contributed by atoms with E-state index < -0.39 is 0 Å². The smallest absolute Gasteiger partial charge is 0.274 e. The highest BCUT2D eigenvalue weighted by Crippen LogP contribution is 2.16. The average Bonchev–Trinajstić information content (AvgIpc) is 2.44. The minimum absolute atomic E-state index is 0.278. The Morgan fingerprint density at radius 1 is 1.38 bits per heavy atom. The number of nitrogens with zero attached hydrogens (tertiary/aromatic N) is 2. The van der Waals surface area contributed by atoms with Crippen LogP contribution in [0.1, 0.15) is 16.2 Å². The van der Waals surface area contributed by atoms with Crippen LogP contribution in [-0.4, -0.2) is 22.4 Å². The summed E-state index contributed by atoms with van der Waals surface area (Å²) in [6, 6.07) is 9.02. The molecule has 0 aliphatic heterocycles. The quantitative estimate of drug-likeness (QED) is 0.814. The molecule has 21 heavy (non-hydrogen) atoms.